The Hall–Kier alpha value is -2.61. The second kappa shape index (κ2) is 6.02. The zero-order chi connectivity index (χ0) is 15.5. The van der Waals surface area contributed by atoms with Crippen molar-refractivity contribution in [2.24, 2.45) is 5.73 Å². The molecule has 0 atom stereocenters. The molecule has 0 aliphatic rings. The van der Waals surface area contributed by atoms with Gasteiger partial charge in [0.1, 0.15) is 0 Å². The van der Waals surface area contributed by atoms with Crippen LogP contribution in [-0.4, -0.2) is 5.91 Å². The summed E-state index contributed by atoms with van der Waals surface area (Å²) >= 11 is 0. The third-order valence-corrected chi connectivity index (χ3v) is 3.92. The number of amides is 1. The Bertz CT molecular complexity index is 836. The highest BCUT2D eigenvalue weighted by molar-refractivity contribution is 5.95. The van der Waals surface area contributed by atoms with Crippen molar-refractivity contribution in [3.63, 3.8) is 0 Å². The number of primary amides is 1. The fourth-order valence-corrected chi connectivity index (χ4v) is 2.77. The number of carbonyl (C=O) groups excluding carboxylic acids is 1. The summed E-state index contributed by atoms with van der Waals surface area (Å²) < 4.78 is 0. The van der Waals surface area contributed by atoms with Crippen molar-refractivity contribution in [2.45, 2.75) is 19.8 Å². The number of rotatable bonds is 4. The molecule has 0 spiro atoms. The van der Waals surface area contributed by atoms with Gasteiger partial charge in [-0.2, -0.15) is 0 Å². The SMILES string of the molecule is CCCc1ccc2ccc(-c3cccc(C(N)=O)c3)cc2c1. The monoisotopic (exact) mass is 289 g/mol. The van der Waals surface area contributed by atoms with Crippen LogP contribution in [0.5, 0.6) is 0 Å². The lowest BCUT2D eigenvalue weighted by molar-refractivity contribution is 0.100. The van der Waals surface area contributed by atoms with Crippen molar-refractivity contribution in [1.29, 1.82) is 0 Å². The maximum Gasteiger partial charge on any atom is 0.248 e. The van der Waals surface area contributed by atoms with E-state index in [1.807, 2.05) is 18.2 Å². The molecular weight excluding hydrogens is 270 g/mol. The number of fused-ring (bicyclic) bond motifs is 1. The van der Waals surface area contributed by atoms with Gasteiger partial charge in [-0.3, -0.25) is 4.79 Å². The van der Waals surface area contributed by atoms with Crippen LogP contribution in [0.1, 0.15) is 29.3 Å². The Morgan fingerprint density at radius 2 is 1.68 bits per heavy atom. The van der Waals surface area contributed by atoms with Gasteiger partial charge in [0, 0.05) is 5.56 Å². The highest BCUT2D eigenvalue weighted by atomic mass is 16.1. The lowest BCUT2D eigenvalue weighted by Gasteiger charge is -2.07. The Morgan fingerprint density at radius 1 is 0.909 bits per heavy atom. The summed E-state index contributed by atoms with van der Waals surface area (Å²) in [6, 6.07) is 20.5. The summed E-state index contributed by atoms with van der Waals surface area (Å²) in [5.41, 5.74) is 9.38. The molecule has 0 bridgehead atoms. The van der Waals surface area contributed by atoms with E-state index < -0.39 is 5.91 Å². The third kappa shape index (κ3) is 2.86. The van der Waals surface area contributed by atoms with Gasteiger partial charge in [-0.1, -0.05) is 55.8 Å². The quantitative estimate of drug-likeness (QED) is 0.751. The van der Waals surface area contributed by atoms with Crippen LogP contribution in [0.15, 0.2) is 60.7 Å². The first kappa shape index (κ1) is 14.3. The largest absolute Gasteiger partial charge is 0.366 e. The standard InChI is InChI=1S/C20H19NO/c1-2-4-14-7-8-15-9-10-17(13-19(15)11-14)16-5-3-6-18(12-16)20(21)22/h3,5-13H,2,4H2,1H3,(H2,21,22). The van der Waals surface area contributed by atoms with Gasteiger partial charge >= 0.3 is 0 Å². The number of hydrogen-bond acceptors (Lipinski definition) is 1. The molecule has 0 unspecified atom stereocenters. The first-order valence-corrected chi connectivity index (χ1v) is 7.60. The number of hydrogen-bond donors (Lipinski definition) is 1. The van der Waals surface area contributed by atoms with Gasteiger partial charge in [-0.05, 0) is 52.1 Å². The molecule has 0 fully saturated rings. The van der Waals surface area contributed by atoms with Gasteiger partial charge in [0.25, 0.3) is 0 Å². The Balaban J connectivity index is 2.07. The lowest BCUT2D eigenvalue weighted by Crippen LogP contribution is -2.10. The first-order valence-electron chi connectivity index (χ1n) is 7.60. The van der Waals surface area contributed by atoms with Crippen LogP contribution >= 0.6 is 0 Å². The minimum absolute atomic E-state index is 0.395. The van der Waals surface area contributed by atoms with Crippen molar-refractivity contribution in [3.05, 3.63) is 71.8 Å². The summed E-state index contributed by atoms with van der Waals surface area (Å²) in [5.74, 6) is -0.395. The summed E-state index contributed by atoms with van der Waals surface area (Å²) in [6.07, 6.45) is 2.24. The average molecular weight is 289 g/mol. The number of benzene rings is 3. The first-order chi connectivity index (χ1) is 10.7. The highest BCUT2D eigenvalue weighted by Crippen LogP contribution is 2.26. The maximum absolute atomic E-state index is 11.3. The Kier molecular flexibility index (Phi) is 3.92. The third-order valence-electron chi connectivity index (χ3n) is 3.92. The Morgan fingerprint density at radius 3 is 2.45 bits per heavy atom. The summed E-state index contributed by atoms with van der Waals surface area (Å²) in [5, 5.41) is 2.46. The molecule has 0 saturated heterocycles. The second-order valence-electron chi connectivity index (χ2n) is 5.59. The molecule has 0 heterocycles. The molecule has 3 aromatic carbocycles. The van der Waals surface area contributed by atoms with E-state index in [0.29, 0.717) is 5.56 Å². The van der Waals surface area contributed by atoms with Gasteiger partial charge in [-0.15, -0.1) is 0 Å². The lowest BCUT2D eigenvalue weighted by atomic mass is 9.98. The highest BCUT2D eigenvalue weighted by Gasteiger charge is 2.04. The van der Waals surface area contributed by atoms with Gasteiger partial charge in [0.05, 0.1) is 0 Å². The van der Waals surface area contributed by atoms with E-state index in [0.717, 1.165) is 24.0 Å². The molecule has 1 amide bonds. The fourth-order valence-electron chi connectivity index (χ4n) is 2.77. The van der Waals surface area contributed by atoms with E-state index in [-0.39, 0.29) is 0 Å². The van der Waals surface area contributed by atoms with Crippen molar-refractivity contribution in [3.8, 4) is 11.1 Å². The zero-order valence-corrected chi connectivity index (χ0v) is 12.7. The van der Waals surface area contributed by atoms with Gasteiger partial charge < -0.3 is 5.73 Å². The molecule has 0 aliphatic carbocycles. The molecule has 0 aliphatic heterocycles. The number of carbonyl (C=O) groups is 1. The maximum atomic E-state index is 11.3. The van der Waals surface area contributed by atoms with Crippen LogP contribution in [0.3, 0.4) is 0 Å². The van der Waals surface area contributed by atoms with E-state index >= 15 is 0 Å². The minimum atomic E-state index is -0.395. The van der Waals surface area contributed by atoms with E-state index in [4.69, 9.17) is 5.73 Å². The molecule has 110 valence electrons. The molecule has 3 rings (SSSR count). The molecule has 0 aromatic heterocycles. The summed E-state index contributed by atoms with van der Waals surface area (Å²) in [7, 11) is 0. The second-order valence-corrected chi connectivity index (χ2v) is 5.59. The smallest absolute Gasteiger partial charge is 0.248 e. The van der Waals surface area contributed by atoms with E-state index in [1.54, 1.807) is 6.07 Å². The molecule has 2 N–H and O–H groups in total. The van der Waals surface area contributed by atoms with Gasteiger partial charge in [-0.25, -0.2) is 0 Å². The van der Waals surface area contributed by atoms with Crippen molar-refractivity contribution >= 4 is 16.7 Å². The van der Waals surface area contributed by atoms with E-state index in [2.05, 4.69) is 43.3 Å². The van der Waals surface area contributed by atoms with Crippen LogP contribution in [0, 0.1) is 0 Å². The van der Waals surface area contributed by atoms with Crippen molar-refractivity contribution < 1.29 is 4.79 Å². The van der Waals surface area contributed by atoms with Crippen LogP contribution in [0.2, 0.25) is 0 Å². The van der Waals surface area contributed by atoms with Gasteiger partial charge in [0.2, 0.25) is 5.91 Å². The van der Waals surface area contributed by atoms with Crippen LogP contribution in [-0.2, 0) is 6.42 Å². The van der Waals surface area contributed by atoms with Crippen molar-refractivity contribution in [2.75, 3.05) is 0 Å². The molecule has 0 radical (unpaired) electrons. The fraction of sp³-hybridized carbons (Fsp3) is 0.150. The van der Waals surface area contributed by atoms with E-state index in [9.17, 15) is 4.79 Å². The predicted molar refractivity (Wildman–Crippen MR) is 91.9 cm³/mol. The Labute approximate surface area is 130 Å². The minimum Gasteiger partial charge on any atom is -0.366 e. The van der Waals surface area contributed by atoms with Gasteiger partial charge in [0.15, 0.2) is 0 Å². The van der Waals surface area contributed by atoms with Crippen LogP contribution in [0.25, 0.3) is 21.9 Å². The normalized spacial score (nSPS) is 10.8. The molecule has 2 heteroatoms. The average Bonchev–Trinajstić information content (AvgIpc) is 2.54. The number of aryl methyl sites for hydroxylation is 1. The van der Waals surface area contributed by atoms with E-state index in [1.165, 1.54) is 16.3 Å². The summed E-state index contributed by atoms with van der Waals surface area (Å²) in [4.78, 5) is 11.3. The predicted octanol–water partition coefficient (Wildman–Crippen LogP) is 4.56. The topological polar surface area (TPSA) is 43.1 Å². The zero-order valence-electron chi connectivity index (χ0n) is 12.7. The number of nitrogens with two attached hydrogens (primary N) is 1. The van der Waals surface area contributed by atoms with Crippen LogP contribution in [0.4, 0.5) is 0 Å². The molecule has 22 heavy (non-hydrogen) atoms. The molecule has 0 saturated carbocycles. The van der Waals surface area contributed by atoms with Crippen LogP contribution < -0.4 is 5.73 Å². The molecule has 2 nitrogen and oxygen atoms in total. The van der Waals surface area contributed by atoms with Crippen molar-refractivity contribution in [1.82, 2.24) is 0 Å². The summed E-state index contributed by atoms with van der Waals surface area (Å²) in [6.45, 7) is 2.19. The molecular formula is C20H19NO. The molecule has 3 aromatic rings.